The second-order valence-corrected chi connectivity index (χ2v) is 5.51. The quantitative estimate of drug-likeness (QED) is 0.704. The maximum absolute atomic E-state index is 12.1. The van der Waals surface area contributed by atoms with E-state index in [1.165, 1.54) is 5.56 Å². The van der Waals surface area contributed by atoms with Gasteiger partial charge in [0.1, 0.15) is 0 Å². The summed E-state index contributed by atoms with van der Waals surface area (Å²) in [4.78, 5) is 12.1. The maximum Gasteiger partial charge on any atom is 0.223 e. The standard InChI is InChI=1S/C16H24BrNO/c1-3-6-15(7-4-2)16(19)18-12-14-9-5-8-13(10-14)11-17/h5,8-10,15H,3-4,6-7,11-12H2,1-2H3,(H,18,19). The van der Waals surface area contributed by atoms with Crippen LogP contribution >= 0.6 is 15.9 Å². The van der Waals surface area contributed by atoms with Crippen molar-refractivity contribution in [3.8, 4) is 0 Å². The van der Waals surface area contributed by atoms with Crippen molar-refractivity contribution < 1.29 is 4.79 Å². The summed E-state index contributed by atoms with van der Waals surface area (Å²) in [5.41, 5.74) is 2.41. The first kappa shape index (κ1) is 16.2. The van der Waals surface area contributed by atoms with Gasteiger partial charge in [-0.2, -0.15) is 0 Å². The Kier molecular flexibility index (Phi) is 7.80. The van der Waals surface area contributed by atoms with E-state index in [2.05, 4.69) is 53.3 Å². The van der Waals surface area contributed by atoms with Gasteiger partial charge in [0.25, 0.3) is 0 Å². The van der Waals surface area contributed by atoms with Gasteiger partial charge in [0.15, 0.2) is 0 Å². The van der Waals surface area contributed by atoms with E-state index in [9.17, 15) is 4.79 Å². The van der Waals surface area contributed by atoms with E-state index in [0.717, 1.165) is 36.6 Å². The molecule has 0 aliphatic carbocycles. The molecule has 3 heteroatoms. The minimum absolute atomic E-state index is 0.175. The molecule has 1 aromatic carbocycles. The average molecular weight is 326 g/mol. The van der Waals surface area contributed by atoms with Gasteiger partial charge in [-0.25, -0.2) is 0 Å². The molecule has 0 heterocycles. The van der Waals surface area contributed by atoms with E-state index in [0.29, 0.717) is 6.54 Å². The Hall–Kier alpha value is -0.830. The molecule has 0 aromatic heterocycles. The summed E-state index contributed by atoms with van der Waals surface area (Å²) < 4.78 is 0. The third-order valence-corrected chi connectivity index (χ3v) is 3.90. The highest BCUT2D eigenvalue weighted by atomic mass is 79.9. The highest BCUT2D eigenvalue weighted by Crippen LogP contribution is 2.14. The fourth-order valence-electron chi connectivity index (χ4n) is 2.26. The van der Waals surface area contributed by atoms with Gasteiger partial charge >= 0.3 is 0 Å². The van der Waals surface area contributed by atoms with Crippen LogP contribution in [0.25, 0.3) is 0 Å². The number of alkyl halides is 1. The predicted molar refractivity (Wildman–Crippen MR) is 84.2 cm³/mol. The highest BCUT2D eigenvalue weighted by Gasteiger charge is 2.15. The van der Waals surface area contributed by atoms with Crippen molar-refractivity contribution >= 4 is 21.8 Å². The van der Waals surface area contributed by atoms with Crippen molar-refractivity contribution in [2.24, 2.45) is 5.92 Å². The number of rotatable bonds is 8. The fourth-order valence-corrected chi connectivity index (χ4v) is 2.61. The second-order valence-electron chi connectivity index (χ2n) is 4.95. The van der Waals surface area contributed by atoms with E-state index >= 15 is 0 Å². The summed E-state index contributed by atoms with van der Waals surface area (Å²) >= 11 is 3.45. The van der Waals surface area contributed by atoms with Crippen molar-refractivity contribution in [2.75, 3.05) is 0 Å². The largest absolute Gasteiger partial charge is 0.352 e. The van der Waals surface area contributed by atoms with E-state index in [1.807, 2.05) is 6.07 Å². The molecule has 1 N–H and O–H groups in total. The molecule has 1 aromatic rings. The lowest BCUT2D eigenvalue weighted by Crippen LogP contribution is -2.30. The van der Waals surface area contributed by atoms with E-state index in [4.69, 9.17) is 0 Å². The Bertz CT molecular complexity index is 386. The first-order chi connectivity index (χ1) is 9.21. The highest BCUT2D eigenvalue weighted by molar-refractivity contribution is 9.08. The Morgan fingerprint density at radius 1 is 1.21 bits per heavy atom. The average Bonchev–Trinajstić information content (AvgIpc) is 2.44. The van der Waals surface area contributed by atoms with Crippen molar-refractivity contribution in [2.45, 2.75) is 51.4 Å². The molecule has 0 fully saturated rings. The monoisotopic (exact) mass is 325 g/mol. The summed E-state index contributed by atoms with van der Waals surface area (Å²) in [5.74, 6) is 0.377. The van der Waals surface area contributed by atoms with E-state index in [1.54, 1.807) is 0 Å². The zero-order chi connectivity index (χ0) is 14.1. The molecule has 1 rings (SSSR count). The second kappa shape index (κ2) is 9.13. The SMILES string of the molecule is CCCC(CCC)C(=O)NCc1cccc(CBr)c1. The Labute approximate surface area is 125 Å². The molecule has 0 aliphatic heterocycles. The van der Waals surface area contributed by atoms with Crippen LogP contribution in [0.5, 0.6) is 0 Å². The molecule has 2 nitrogen and oxygen atoms in total. The lowest BCUT2D eigenvalue weighted by Gasteiger charge is -2.15. The molecule has 0 unspecified atom stereocenters. The number of carbonyl (C=O) groups is 1. The summed E-state index contributed by atoms with van der Waals surface area (Å²) in [6.45, 7) is 4.90. The van der Waals surface area contributed by atoms with Gasteiger partial charge in [-0.05, 0) is 24.0 Å². The van der Waals surface area contributed by atoms with Crippen LogP contribution in [0.1, 0.15) is 50.7 Å². The van der Waals surface area contributed by atoms with Gasteiger partial charge in [0.05, 0.1) is 0 Å². The van der Waals surface area contributed by atoms with Crippen LogP contribution in [-0.4, -0.2) is 5.91 Å². The normalized spacial score (nSPS) is 10.7. The minimum atomic E-state index is 0.175. The lowest BCUT2D eigenvalue weighted by molar-refractivity contribution is -0.125. The van der Waals surface area contributed by atoms with Crippen molar-refractivity contribution in [3.63, 3.8) is 0 Å². The Balaban J connectivity index is 2.51. The fraction of sp³-hybridized carbons (Fsp3) is 0.562. The van der Waals surface area contributed by atoms with Gasteiger partial charge in [0.2, 0.25) is 5.91 Å². The van der Waals surface area contributed by atoms with Crippen LogP contribution in [0.15, 0.2) is 24.3 Å². The number of carbonyl (C=O) groups excluding carboxylic acids is 1. The molecule has 19 heavy (non-hydrogen) atoms. The van der Waals surface area contributed by atoms with Crippen LogP contribution in [0.2, 0.25) is 0 Å². The van der Waals surface area contributed by atoms with Crippen molar-refractivity contribution in [3.05, 3.63) is 35.4 Å². The Morgan fingerprint density at radius 2 is 1.84 bits per heavy atom. The first-order valence-electron chi connectivity index (χ1n) is 7.12. The van der Waals surface area contributed by atoms with Crippen molar-refractivity contribution in [1.29, 1.82) is 0 Å². The first-order valence-corrected chi connectivity index (χ1v) is 8.24. The number of hydrogen-bond acceptors (Lipinski definition) is 1. The lowest BCUT2D eigenvalue weighted by atomic mass is 9.97. The smallest absolute Gasteiger partial charge is 0.223 e. The molecule has 0 saturated heterocycles. The molecule has 0 atom stereocenters. The van der Waals surface area contributed by atoms with Crippen LogP contribution < -0.4 is 5.32 Å². The van der Waals surface area contributed by atoms with Gasteiger partial charge in [-0.3, -0.25) is 4.79 Å². The summed E-state index contributed by atoms with van der Waals surface area (Å²) in [6, 6.07) is 8.30. The molecule has 0 aliphatic rings. The zero-order valence-corrected chi connectivity index (χ0v) is 13.5. The molecule has 1 amide bonds. The van der Waals surface area contributed by atoms with E-state index in [-0.39, 0.29) is 11.8 Å². The van der Waals surface area contributed by atoms with Crippen LogP contribution in [-0.2, 0) is 16.7 Å². The van der Waals surface area contributed by atoms with Gasteiger partial charge < -0.3 is 5.32 Å². The number of hydrogen-bond donors (Lipinski definition) is 1. The van der Waals surface area contributed by atoms with Crippen molar-refractivity contribution in [1.82, 2.24) is 5.32 Å². The minimum Gasteiger partial charge on any atom is -0.352 e. The number of halogens is 1. The Morgan fingerprint density at radius 3 is 2.42 bits per heavy atom. The van der Waals surface area contributed by atoms with E-state index < -0.39 is 0 Å². The zero-order valence-electron chi connectivity index (χ0n) is 11.9. The number of benzene rings is 1. The molecule has 106 valence electrons. The third-order valence-electron chi connectivity index (χ3n) is 3.26. The summed E-state index contributed by atoms with van der Waals surface area (Å²) in [5, 5.41) is 3.92. The van der Waals surface area contributed by atoms with Crippen LogP contribution in [0.4, 0.5) is 0 Å². The van der Waals surface area contributed by atoms with Gasteiger partial charge in [-0.15, -0.1) is 0 Å². The summed E-state index contributed by atoms with van der Waals surface area (Å²) in [6.07, 6.45) is 4.11. The van der Waals surface area contributed by atoms with Gasteiger partial charge in [0, 0.05) is 17.8 Å². The van der Waals surface area contributed by atoms with Crippen LogP contribution in [0, 0.1) is 5.92 Å². The molecule has 0 bridgehead atoms. The molecule has 0 saturated carbocycles. The topological polar surface area (TPSA) is 29.1 Å². The molecule has 0 spiro atoms. The number of nitrogens with one attached hydrogen (secondary N) is 1. The van der Waals surface area contributed by atoms with Gasteiger partial charge in [-0.1, -0.05) is 66.9 Å². The summed E-state index contributed by atoms with van der Waals surface area (Å²) in [7, 11) is 0. The molecular formula is C16H24BrNO. The number of amides is 1. The maximum atomic E-state index is 12.1. The molecular weight excluding hydrogens is 302 g/mol. The van der Waals surface area contributed by atoms with Crippen LogP contribution in [0.3, 0.4) is 0 Å². The third kappa shape index (κ3) is 5.77. The predicted octanol–water partition coefficient (Wildman–Crippen LogP) is 4.41. The molecule has 0 radical (unpaired) electrons.